The van der Waals surface area contributed by atoms with Crippen LogP contribution in [0.2, 0.25) is 0 Å². The van der Waals surface area contributed by atoms with E-state index < -0.39 is 0 Å². The van der Waals surface area contributed by atoms with Crippen molar-refractivity contribution in [3.63, 3.8) is 0 Å². The lowest BCUT2D eigenvalue weighted by molar-refractivity contribution is 0.0406. The van der Waals surface area contributed by atoms with Crippen LogP contribution in [0.4, 0.5) is 11.8 Å². The minimum atomic E-state index is -0.165. The SMILES string of the molecule is Nc1ccnc(N2CCC[C@@]3(CCC[C@H]3O)C2)n1. The van der Waals surface area contributed by atoms with E-state index in [2.05, 4.69) is 14.9 Å². The smallest absolute Gasteiger partial charge is 0.227 e. The first kappa shape index (κ1) is 11.7. The molecule has 2 heterocycles. The largest absolute Gasteiger partial charge is 0.392 e. The second kappa shape index (κ2) is 4.39. The fraction of sp³-hybridized carbons (Fsp3) is 0.692. The van der Waals surface area contributed by atoms with Crippen molar-refractivity contribution in [2.45, 2.75) is 38.2 Å². The minimum absolute atomic E-state index is 0.0617. The highest BCUT2D eigenvalue weighted by Gasteiger charge is 2.45. The fourth-order valence-electron chi connectivity index (χ4n) is 3.44. The van der Waals surface area contributed by atoms with Crippen molar-refractivity contribution >= 4 is 11.8 Å². The Bertz CT molecular complexity index is 439. The molecular formula is C13H20N4O. The molecule has 1 spiro atoms. The van der Waals surface area contributed by atoms with Gasteiger partial charge in [0.05, 0.1) is 6.10 Å². The molecule has 0 radical (unpaired) electrons. The summed E-state index contributed by atoms with van der Waals surface area (Å²) in [5.41, 5.74) is 5.77. The second-order valence-corrected chi connectivity index (χ2v) is 5.58. The number of aliphatic hydroxyl groups excluding tert-OH is 1. The zero-order chi connectivity index (χ0) is 12.6. The molecule has 2 atom stereocenters. The molecule has 98 valence electrons. The van der Waals surface area contributed by atoms with Gasteiger partial charge in [0.1, 0.15) is 5.82 Å². The lowest BCUT2D eigenvalue weighted by atomic mass is 9.77. The van der Waals surface area contributed by atoms with Gasteiger partial charge >= 0.3 is 0 Å². The molecule has 3 N–H and O–H groups in total. The van der Waals surface area contributed by atoms with Gasteiger partial charge in [-0.1, -0.05) is 6.42 Å². The van der Waals surface area contributed by atoms with E-state index in [1.165, 1.54) is 0 Å². The second-order valence-electron chi connectivity index (χ2n) is 5.58. The van der Waals surface area contributed by atoms with Crippen LogP contribution >= 0.6 is 0 Å². The van der Waals surface area contributed by atoms with Gasteiger partial charge in [0.15, 0.2) is 0 Å². The highest BCUT2D eigenvalue weighted by atomic mass is 16.3. The average Bonchev–Trinajstić information content (AvgIpc) is 2.71. The number of rotatable bonds is 1. The van der Waals surface area contributed by atoms with E-state index in [0.717, 1.165) is 45.2 Å². The first-order chi connectivity index (χ1) is 8.70. The summed E-state index contributed by atoms with van der Waals surface area (Å²) < 4.78 is 0. The maximum Gasteiger partial charge on any atom is 0.227 e. The standard InChI is InChI=1S/C13H20N4O/c14-11-4-7-15-12(16-11)17-8-2-6-13(9-17)5-1-3-10(13)18/h4,7,10,18H,1-3,5-6,8-9H2,(H2,14,15,16)/t10-,13+/m1/s1. The van der Waals surface area contributed by atoms with Crippen molar-refractivity contribution in [3.8, 4) is 0 Å². The van der Waals surface area contributed by atoms with Crippen LogP contribution in [0.1, 0.15) is 32.1 Å². The van der Waals surface area contributed by atoms with Gasteiger partial charge in [-0.2, -0.15) is 4.98 Å². The van der Waals surface area contributed by atoms with Gasteiger partial charge in [-0.15, -0.1) is 0 Å². The van der Waals surface area contributed by atoms with E-state index in [-0.39, 0.29) is 11.5 Å². The monoisotopic (exact) mass is 248 g/mol. The summed E-state index contributed by atoms with van der Waals surface area (Å²) in [6.45, 7) is 1.82. The van der Waals surface area contributed by atoms with Gasteiger partial charge in [0.25, 0.3) is 0 Å². The van der Waals surface area contributed by atoms with E-state index in [9.17, 15) is 5.11 Å². The molecule has 1 saturated heterocycles. The molecular weight excluding hydrogens is 228 g/mol. The number of nitrogen functional groups attached to an aromatic ring is 1. The molecule has 5 nitrogen and oxygen atoms in total. The zero-order valence-corrected chi connectivity index (χ0v) is 10.5. The van der Waals surface area contributed by atoms with Crippen molar-refractivity contribution < 1.29 is 5.11 Å². The predicted molar refractivity (Wildman–Crippen MR) is 70.2 cm³/mol. The van der Waals surface area contributed by atoms with Gasteiger partial charge in [0.2, 0.25) is 5.95 Å². The Morgan fingerprint density at radius 2 is 2.22 bits per heavy atom. The molecule has 0 aromatic carbocycles. The van der Waals surface area contributed by atoms with Crippen LogP contribution < -0.4 is 10.6 Å². The molecule has 0 amide bonds. The Hall–Kier alpha value is -1.36. The third-order valence-electron chi connectivity index (χ3n) is 4.41. The Morgan fingerprint density at radius 3 is 2.94 bits per heavy atom. The van der Waals surface area contributed by atoms with Crippen molar-refractivity contribution in [3.05, 3.63) is 12.3 Å². The van der Waals surface area contributed by atoms with Gasteiger partial charge in [-0.05, 0) is 31.7 Å². The van der Waals surface area contributed by atoms with E-state index in [4.69, 9.17) is 5.73 Å². The maximum atomic E-state index is 10.2. The highest BCUT2D eigenvalue weighted by Crippen LogP contribution is 2.45. The first-order valence-corrected chi connectivity index (χ1v) is 6.71. The summed E-state index contributed by atoms with van der Waals surface area (Å²) in [5, 5.41) is 10.2. The molecule has 3 rings (SSSR count). The van der Waals surface area contributed by atoms with Crippen LogP contribution in [0, 0.1) is 5.41 Å². The maximum absolute atomic E-state index is 10.2. The number of aromatic nitrogens is 2. The molecule has 1 aliphatic heterocycles. The fourth-order valence-corrected chi connectivity index (χ4v) is 3.44. The number of hydrogen-bond donors (Lipinski definition) is 2. The van der Waals surface area contributed by atoms with Crippen LogP contribution in [-0.4, -0.2) is 34.3 Å². The van der Waals surface area contributed by atoms with E-state index >= 15 is 0 Å². The number of hydrogen-bond acceptors (Lipinski definition) is 5. The van der Waals surface area contributed by atoms with Crippen molar-refractivity contribution in [2.75, 3.05) is 23.7 Å². The Labute approximate surface area is 107 Å². The van der Waals surface area contributed by atoms with Crippen molar-refractivity contribution in [1.29, 1.82) is 0 Å². The van der Waals surface area contributed by atoms with Gasteiger partial charge in [0, 0.05) is 24.7 Å². The molecule has 0 unspecified atom stereocenters. The first-order valence-electron chi connectivity index (χ1n) is 6.71. The molecule has 2 aliphatic rings. The topological polar surface area (TPSA) is 75.3 Å². The molecule has 0 bridgehead atoms. The van der Waals surface area contributed by atoms with E-state index in [1.54, 1.807) is 12.3 Å². The Kier molecular flexibility index (Phi) is 2.86. The minimum Gasteiger partial charge on any atom is -0.392 e. The number of aliphatic hydroxyl groups is 1. The zero-order valence-electron chi connectivity index (χ0n) is 10.5. The molecule has 1 aromatic heterocycles. The lowest BCUT2D eigenvalue weighted by Gasteiger charge is -2.42. The summed E-state index contributed by atoms with van der Waals surface area (Å²) in [7, 11) is 0. The Morgan fingerprint density at radius 1 is 1.39 bits per heavy atom. The summed E-state index contributed by atoms with van der Waals surface area (Å²) in [6, 6.07) is 1.70. The molecule has 1 aliphatic carbocycles. The van der Waals surface area contributed by atoms with Gasteiger partial charge in [-0.3, -0.25) is 0 Å². The van der Waals surface area contributed by atoms with Gasteiger partial charge < -0.3 is 15.7 Å². The van der Waals surface area contributed by atoms with E-state index in [0.29, 0.717) is 11.8 Å². The molecule has 2 fully saturated rings. The predicted octanol–water partition coefficient (Wildman–Crippen LogP) is 1.19. The van der Waals surface area contributed by atoms with Crippen LogP contribution in [-0.2, 0) is 0 Å². The normalized spacial score (nSPS) is 32.1. The van der Waals surface area contributed by atoms with Crippen LogP contribution in [0.15, 0.2) is 12.3 Å². The number of nitrogens with two attached hydrogens (primary N) is 1. The third kappa shape index (κ3) is 1.92. The quantitative estimate of drug-likeness (QED) is 0.781. The Balaban J connectivity index is 1.82. The van der Waals surface area contributed by atoms with Crippen LogP contribution in [0.3, 0.4) is 0 Å². The van der Waals surface area contributed by atoms with E-state index in [1.807, 2.05) is 0 Å². The number of nitrogens with zero attached hydrogens (tertiary/aromatic N) is 3. The van der Waals surface area contributed by atoms with Crippen molar-refractivity contribution in [2.24, 2.45) is 5.41 Å². The highest BCUT2D eigenvalue weighted by molar-refractivity contribution is 5.38. The summed E-state index contributed by atoms with van der Waals surface area (Å²) >= 11 is 0. The lowest BCUT2D eigenvalue weighted by Crippen LogP contribution is -2.47. The number of piperidine rings is 1. The molecule has 1 aromatic rings. The molecule has 18 heavy (non-hydrogen) atoms. The van der Waals surface area contributed by atoms with Crippen LogP contribution in [0.5, 0.6) is 0 Å². The van der Waals surface area contributed by atoms with Gasteiger partial charge in [-0.25, -0.2) is 4.98 Å². The third-order valence-corrected chi connectivity index (χ3v) is 4.41. The summed E-state index contributed by atoms with van der Waals surface area (Å²) in [4.78, 5) is 10.8. The average molecular weight is 248 g/mol. The van der Waals surface area contributed by atoms with Crippen LogP contribution in [0.25, 0.3) is 0 Å². The summed E-state index contributed by atoms with van der Waals surface area (Å²) in [6.07, 6.45) is 6.93. The number of anilines is 2. The van der Waals surface area contributed by atoms with Crippen molar-refractivity contribution in [1.82, 2.24) is 9.97 Å². The summed E-state index contributed by atoms with van der Waals surface area (Å²) in [5.74, 6) is 1.21. The molecule has 5 heteroatoms. The molecule has 1 saturated carbocycles.